The molecule has 1 saturated carbocycles. The first-order valence-electron chi connectivity index (χ1n) is 5.63. The van der Waals surface area contributed by atoms with Gasteiger partial charge in [0.1, 0.15) is 0 Å². The molecule has 0 spiro atoms. The summed E-state index contributed by atoms with van der Waals surface area (Å²) in [6, 6.07) is 0.301. The van der Waals surface area contributed by atoms with Crippen molar-refractivity contribution in [2.45, 2.75) is 32.7 Å². The Hall–Kier alpha value is -1.36. The average Bonchev–Trinajstić information content (AvgIpc) is 2.92. The summed E-state index contributed by atoms with van der Waals surface area (Å²) in [6.45, 7) is 4.51. The van der Waals surface area contributed by atoms with Crippen molar-refractivity contribution in [3.63, 3.8) is 0 Å². The van der Waals surface area contributed by atoms with Crippen LogP contribution in [0.15, 0.2) is 12.4 Å². The molecule has 1 aromatic heterocycles. The molecule has 1 aromatic rings. The van der Waals surface area contributed by atoms with E-state index in [9.17, 15) is 4.79 Å². The van der Waals surface area contributed by atoms with Crippen molar-refractivity contribution in [2.24, 2.45) is 11.1 Å². The molecule has 0 saturated heterocycles. The second kappa shape index (κ2) is 3.90. The molecule has 1 amide bonds. The Morgan fingerprint density at radius 1 is 1.69 bits per heavy atom. The number of aromatic nitrogens is 2. The van der Waals surface area contributed by atoms with Crippen molar-refractivity contribution in [1.29, 1.82) is 0 Å². The molecule has 0 bridgehead atoms. The lowest BCUT2D eigenvalue weighted by molar-refractivity contribution is -0.120. The van der Waals surface area contributed by atoms with Crippen LogP contribution in [0.3, 0.4) is 0 Å². The van der Waals surface area contributed by atoms with E-state index in [1.807, 2.05) is 24.7 Å². The standard InChI is InChI=1S/C11H18N4O/c1-8(2)15-6-9(5-13-15)14-10(16)11(7-12)3-4-11/h5-6,8H,3-4,7,12H2,1-2H3,(H,14,16). The van der Waals surface area contributed by atoms with E-state index >= 15 is 0 Å². The van der Waals surface area contributed by atoms with Gasteiger partial charge in [-0.2, -0.15) is 5.10 Å². The maximum Gasteiger partial charge on any atom is 0.231 e. The molecular weight excluding hydrogens is 204 g/mol. The number of hydrogen-bond donors (Lipinski definition) is 2. The first kappa shape index (κ1) is 11.1. The van der Waals surface area contributed by atoms with Gasteiger partial charge >= 0.3 is 0 Å². The molecule has 1 fully saturated rings. The molecule has 16 heavy (non-hydrogen) atoms. The highest BCUT2D eigenvalue weighted by Crippen LogP contribution is 2.45. The molecule has 88 valence electrons. The van der Waals surface area contributed by atoms with E-state index in [2.05, 4.69) is 10.4 Å². The minimum Gasteiger partial charge on any atom is -0.329 e. The Bertz CT molecular complexity index is 392. The van der Waals surface area contributed by atoms with Gasteiger partial charge in [-0.1, -0.05) is 0 Å². The summed E-state index contributed by atoms with van der Waals surface area (Å²) >= 11 is 0. The molecule has 5 heteroatoms. The van der Waals surface area contributed by atoms with Gasteiger partial charge in [-0.3, -0.25) is 9.48 Å². The largest absolute Gasteiger partial charge is 0.329 e. The van der Waals surface area contributed by atoms with Gasteiger partial charge in [0, 0.05) is 18.8 Å². The second-order valence-electron chi connectivity index (χ2n) is 4.74. The maximum absolute atomic E-state index is 11.9. The van der Waals surface area contributed by atoms with E-state index < -0.39 is 0 Å². The van der Waals surface area contributed by atoms with Crippen LogP contribution < -0.4 is 11.1 Å². The smallest absolute Gasteiger partial charge is 0.231 e. The summed E-state index contributed by atoms with van der Waals surface area (Å²) in [5.74, 6) is 0.0262. The van der Waals surface area contributed by atoms with Gasteiger partial charge in [-0.15, -0.1) is 0 Å². The number of nitrogens with one attached hydrogen (secondary N) is 1. The van der Waals surface area contributed by atoms with E-state index in [1.54, 1.807) is 6.20 Å². The molecule has 0 atom stereocenters. The lowest BCUT2D eigenvalue weighted by atomic mass is 10.1. The van der Waals surface area contributed by atoms with Crippen molar-refractivity contribution in [2.75, 3.05) is 11.9 Å². The van der Waals surface area contributed by atoms with Crippen LogP contribution in [0, 0.1) is 5.41 Å². The van der Waals surface area contributed by atoms with Gasteiger partial charge in [-0.25, -0.2) is 0 Å². The van der Waals surface area contributed by atoms with Crippen LogP contribution >= 0.6 is 0 Å². The van der Waals surface area contributed by atoms with Gasteiger partial charge in [-0.05, 0) is 26.7 Å². The molecule has 1 aliphatic carbocycles. The number of amides is 1. The molecule has 2 rings (SSSR count). The fourth-order valence-electron chi connectivity index (χ4n) is 1.62. The van der Waals surface area contributed by atoms with E-state index in [4.69, 9.17) is 5.73 Å². The summed E-state index contributed by atoms with van der Waals surface area (Å²) in [5, 5.41) is 7.04. The Morgan fingerprint density at radius 2 is 2.38 bits per heavy atom. The Kier molecular flexibility index (Phi) is 2.71. The number of nitrogens with two attached hydrogens (primary N) is 1. The second-order valence-corrected chi connectivity index (χ2v) is 4.74. The number of carbonyl (C=O) groups excluding carboxylic acids is 1. The SMILES string of the molecule is CC(C)n1cc(NC(=O)C2(CN)CC2)cn1. The van der Waals surface area contributed by atoms with Crippen LogP contribution in [0.1, 0.15) is 32.7 Å². The van der Waals surface area contributed by atoms with Crippen LogP contribution in [0.4, 0.5) is 5.69 Å². The van der Waals surface area contributed by atoms with Gasteiger partial charge in [0.05, 0.1) is 17.3 Å². The highest BCUT2D eigenvalue weighted by molar-refractivity contribution is 5.97. The minimum atomic E-state index is -0.306. The number of anilines is 1. The van der Waals surface area contributed by atoms with Crippen molar-refractivity contribution < 1.29 is 4.79 Å². The normalized spacial score (nSPS) is 17.5. The predicted molar refractivity (Wildman–Crippen MR) is 62.0 cm³/mol. The highest BCUT2D eigenvalue weighted by atomic mass is 16.2. The fourth-order valence-corrected chi connectivity index (χ4v) is 1.62. The Labute approximate surface area is 95.0 Å². The van der Waals surface area contributed by atoms with Crippen molar-refractivity contribution >= 4 is 11.6 Å². The number of rotatable bonds is 4. The van der Waals surface area contributed by atoms with E-state index in [0.717, 1.165) is 18.5 Å². The monoisotopic (exact) mass is 222 g/mol. The molecule has 0 unspecified atom stereocenters. The zero-order valence-electron chi connectivity index (χ0n) is 9.73. The maximum atomic E-state index is 11.9. The van der Waals surface area contributed by atoms with Gasteiger partial charge in [0.2, 0.25) is 5.91 Å². The van der Waals surface area contributed by atoms with Crippen LogP contribution in [-0.2, 0) is 4.79 Å². The Balaban J connectivity index is 2.01. The summed E-state index contributed by atoms with van der Waals surface area (Å²) in [4.78, 5) is 11.9. The molecule has 3 N–H and O–H groups in total. The van der Waals surface area contributed by atoms with Crippen LogP contribution in [0.25, 0.3) is 0 Å². The number of nitrogens with zero attached hydrogens (tertiary/aromatic N) is 2. The molecule has 0 aliphatic heterocycles. The first-order chi connectivity index (χ1) is 7.57. The number of hydrogen-bond acceptors (Lipinski definition) is 3. The van der Waals surface area contributed by atoms with Gasteiger partial charge in [0.15, 0.2) is 0 Å². The van der Waals surface area contributed by atoms with Crippen molar-refractivity contribution in [1.82, 2.24) is 9.78 Å². The van der Waals surface area contributed by atoms with E-state index in [0.29, 0.717) is 12.6 Å². The van der Waals surface area contributed by atoms with Crippen molar-refractivity contribution in [3.8, 4) is 0 Å². The fraction of sp³-hybridized carbons (Fsp3) is 0.636. The quantitative estimate of drug-likeness (QED) is 0.802. The topological polar surface area (TPSA) is 72.9 Å². The lowest BCUT2D eigenvalue weighted by Gasteiger charge is -2.11. The third-order valence-electron chi connectivity index (χ3n) is 3.11. The number of carbonyl (C=O) groups is 1. The van der Waals surface area contributed by atoms with Gasteiger partial charge < -0.3 is 11.1 Å². The van der Waals surface area contributed by atoms with Crippen LogP contribution in [0.5, 0.6) is 0 Å². The molecule has 1 heterocycles. The highest BCUT2D eigenvalue weighted by Gasteiger charge is 2.48. The van der Waals surface area contributed by atoms with Crippen LogP contribution in [0.2, 0.25) is 0 Å². The predicted octanol–water partition coefficient (Wildman–Crippen LogP) is 1.14. The summed E-state index contributed by atoms with van der Waals surface area (Å²) in [7, 11) is 0. The van der Waals surface area contributed by atoms with E-state index in [-0.39, 0.29) is 11.3 Å². The molecule has 0 radical (unpaired) electrons. The third kappa shape index (κ3) is 1.95. The summed E-state index contributed by atoms with van der Waals surface area (Å²) in [6.07, 6.45) is 5.31. The molecule has 0 aromatic carbocycles. The van der Waals surface area contributed by atoms with Crippen molar-refractivity contribution in [3.05, 3.63) is 12.4 Å². The Morgan fingerprint density at radius 3 is 2.81 bits per heavy atom. The summed E-state index contributed by atoms with van der Waals surface area (Å²) in [5.41, 5.74) is 6.04. The minimum absolute atomic E-state index is 0.0262. The molecular formula is C11H18N4O. The average molecular weight is 222 g/mol. The van der Waals surface area contributed by atoms with Gasteiger partial charge in [0.25, 0.3) is 0 Å². The lowest BCUT2D eigenvalue weighted by Crippen LogP contribution is -2.30. The van der Waals surface area contributed by atoms with E-state index in [1.165, 1.54) is 0 Å². The molecule has 1 aliphatic rings. The van der Waals surface area contributed by atoms with Crippen LogP contribution in [-0.4, -0.2) is 22.2 Å². The zero-order valence-corrected chi connectivity index (χ0v) is 9.73. The third-order valence-corrected chi connectivity index (χ3v) is 3.11. The first-order valence-corrected chi connectivity index (χ1v) is 5.63. The molecule has 5 nitrogen and oxygen atoms in total. The zero-order chi connectivity index (χ0) is 11.8. The summed E-state index contributed by atoms with van der Waals surface area (Å²) < 4.78 is 1.82.